The van der Waals surface area contributed by atoms with E-state index in [1.165, 1.54) is 5.56 Å². The van der Waals surface area contributed by atoms with Crippen LogP contribution in [0.3, 0.4) is 0 Å². The monoisotopic (exact) mass is 294 g/mol. The van der Waals surface area contributed by atoms with Gasteiger partial charge in [0.05, 0.1) is 17.6 Å². The van der Waals surface area contributed by atoms with Gasteiger partial charge in [-0.3, -0.25) is 0 Å². The van der Waals surface area contributed by atoms with E-state index in [1.54, 1.807) is 6.20 Å². The maximum absolute atomic E-state index is 4.14. The van der Waals surface area contributed by atoms with Crippen LogP contribution < -0.4 is 5.32 Å². The Morgan fingerprint density at radius 2 is 2.24 bits per heavy atom. The molecule has 4 nitrogen and oxygen atoms in total. The van der Waals surface area contributed by atoms with Gasteiger partial charge in [0.25, 0.3) is 0 Å². The van der Waals surface area contributed by atoms with Crippen LogP contribution in [0.2, 0.25) is 0 Å². The second-order valence-corrected chi connectivity index (χ2v) is 4.62. The van der Waals surface area contributed by atoms with E-state index in [2.05, 4.69) is 51.5 Å². The first kappa shape index (κ1) is 12.3. The molecule has 90 valence electrons. The summed E-state index contributed by atoms with van der Waals surface area (Å²) in [5, 5.41) is 11.4. The summed E-state index contributed by atoms with van der Waals surface area (Å²) in [6, 6.07) is 6.11. The lowest BCUT2D eigenvalue weighted by Gasteiger charge is -2.09. The highest BCUT2D eigenvalue weighted by Crippen LogP contribution is 2.24. The van der Waals surface area contributed by atoms with E-state index >= 15 is 0 Å². The molecule has 0 spiro atoms. The Kier molecular flexibility index (Phi) is 3.91. The van der Waals surface area contributed by atoms with Crippen LogP contribution >= 0.6 is 15.9 Å². The Hall–Kier alpha value is -1.20. The molecule has 1 aromatic heterocycles. The van der Waals surface area contributed by atoms with Gasteiger partial charge in [-0.25, -0.2) is 4.68 Å². The highest BCUT2D eigenvalue weighted by atomic mass is 79.9. The molecule has 0 saturated carbocycles. The summed E-state index contributed by atoms with van der Waals surface area (Å²) in [5.74, 6) is 0. The molecular formula is C12H15BrN4. The Balaban J connectivity index is 2.39. The summed E-state index contributed by atoms with van der Waals surface area (Å²) in [7, 11) is 0. The number of benzene rings is 1. The predicted molar refractivity (Wildman–Crippen MR) is 71.2 cm³/mol. The lowest BCUT2D eigenvalue weighted by atomic mass is 10.2. The largest absolute Gasteiger partial charge is 0.311 e. The summed E-state index contributed by atoms with van der Waals surface area (Å²) in [5.41, 5.74) is 3.26. The molecule has 1 N–H and O–H groups in total. The van der Waals surface area contributed by atoms with Crippen LogP contribution in [0.1, 0.15) is 18.2 Å². The standard InChI is InChI=1S/C12H15BrN4/c1-3-14-7-10-8-15-16-17(10)11-6-4-5-9(2)12(11)13/h4-6,8,14H,3,7H2,1-2H3. The van der Waals surface area contributed by atoms with Crippen molar-refractivity contribution in [2.45, 2.75) is 20.4 Å². The molecule has 0 saturated heterocycles. The van der Waals surface area contributed by atoms with E-state index in [0.29, 0.717) is 0 Å². The summed E-state index contributed by atoms with van der Waals surface area (Å²) in [6.45, 7) is 5.84. The second-order valence-electron chi connectivity index (χ2n) is 3.83. The van der Waals surface area contributed by atoms with Crippen LogP contribution in [0.15, 0.2) is 28.9 Å². The molecule has 17 heavy (non-hydrogen) atoms. The van der Waals surface area contributed by atoms with E-state index in [9.17, 15) is 0 Å². The fraction of sp³-hybridized carbons (Fsp3) is 0.333. The second kappa shape index (κ2) is 5.42. The number of nitrogens with one attached hydrogen (secondary N) is 1. The molecule has 0 radical (unpaired) electrons. The molecule has 0 unspecified atom stereocenters. The molecule has 1 aromatic carbocycles. The molecule has 2 rings (SSSR count). The summed E-state index contributed by atoms with van der Waals surface area (Å²) in [4.78, 5) is 0. The van der Waals surface area contributed by atoms with Crippen molar-refractivity contribution in [1.82, 2.24) is 20.3 Å². The molecule has 0 aliphatic heterocycles. The third-order valence-electron chi connectivity index (χ3n) is 2.58. The van der Waals surface area contributed by atoms with E-state index in [1.807, 2.05) is 16.8 Å². The summed E-state index contributed by atoms with van der Waals surface area (Å²) in [6.07, 6.45) is 1.79. The summed E-state index contributed by atoms with van der Waals surface area (Å²) >= 11 is 3.59. The van der Waals surface area contributed by atoms with Crippen molar-refractivity contribution in [3.8, 4) is 5.69 Å². The van der Waals surface area contributed by atoms with Gasteiger partial charge >= 0.3 is 0 Å². The minimum atomic E-state index is 0.768. The van der Waals surface area contributed by atoms with Crippen LogP contribution in [-0.4, -0.2) is 21.5 Å². The van der Waals surface area contributed by atoms with Crippen LogP contribution in [0, 0.1) is 6.92 Å². The first-order valence-corrected chi connectivity index (χ1v) is 6.39. The molecule has 5 heteroatoms. The topological polar surface area (TPSA) is 42.7 Å². The van der Waals surface area contributed by atoms with Gasteiger partial charge in [0, 0.05) is 11.0 Å². The smallest absolute Gasteiger partial charge is 0.0811 e. The average molecular weight is 295 g/mol. The van der Waals surface area contributed by atoms with Gasteiger partial charge in [-0.1, -0.05) is 24.3 Å². The van der Waals surface area contributed by atoms with Gasteiger partial charge in [-0.05, 0) is 41.0 Å². The van der Waals surface area contributed by atoms with Crippen LogP contribution in [0.5, 0.6) is 0 Å². The third-order valence-corrected chi connectivity index (χ3v) is 3.61. The Labute approximate surface area is 109 Å². The number of halogens is 1. The molecule has 2 aromatic rings. The molecule has 0 bridgehead atoms. The van der Waals surface area contributed by atoms with E-state index < -0.39 is 0 Å². The molecule has 0 aliphatic rings. The predicted octanol–water partition coefficient (Wildman–Crippen LogP) is 2.45. The van der Waals surface area contributed by atoms with Crippen molar-refractivity contribution < 1.29 is 0 Å². The minimum absolute atomic E-state index is 0.768. The molecule has 0 aliphatic carbocycles. The van der Waals surface area contributed by atoms with Crippen molar-refractivity contribution in [1.29, 1.82) is 0 Å². The third kappa shape index (κ3) is 2.56. The van der Waals surface area contributed by atoms with Crippen molar-refractivity contribution >= 4 is 15.9 Å². The van der Waals surface area contributed by atoms with Gasteiger partial charge in [0.2, 0.25) is 0 Å². The van der Waals surface area contributed by atoms with Crippen LogP contribution in [0.25, 0.3) is 5.69 Å². The quantitative estimate of drug-likeness (QED) is 0.942. The molecule has 0 atom stereocenters. The number of aromatic nitrogens is 3. The molecule has 1 heterocycles. The van der Waals surface area contributed by atoms with E-state index in [4.69, 9.17) is 0 Å². The van der Waals surface area contributed by atoms with Gasteiger partial charge in [0.15, 0.2) is 0 Å². The van der Waals surface area contributed by atoms with Crippen LogP contribution in [0.4, 0.5) is 0 Å². The zero-order chi connectivity index (χ0) is 12.3. The Morgan fingerprint density at radius 3 is 3.00 bits per heavy atom. The van der Waals surface area contributed by atoms with Gasteiger partial charge in [0.1, 0.15) is 0 Å². The lowest BCUT2D eigenvalue weighted by molar-refractivity contribution is 0.671. The summed E-state index contributed by atoms with van der Waals surface area (Å²) < 4.78 is 2.92. The number of hydrogen-bond acceptors (Lipinski definition) is 3. The number of hydrogen-bond donors (Lipinski definition) is 1. The maximum atomic E-state index is 4.14. The minimum Gasteiger partial charge on any atom is -0.311 e. The molecule has 0 amide bonds. The fourth-order valence-corrected chi connectivity index (χ4v) is 2.06. The van der Waals surface area contributed by atoms with E-state index in [0.717, 1.165) is 28.9 Å². The van der Waals surface area contributed by atoms with Crippen LogP contribution in [-0.2, 0) is 6.54 Å². The van der Waals surface area contributed by atoms with Gasteiger partial charge < -0.3 is 5.32 Å². The highest BCUT2D eigenvalue weighted by molar-refractivity contribution is 9.10. The average Bonchev–Trinajstić information content (AvgIpc) is 2.78. The maximum Gasteiger partial charge on any atom is 0.0811 e. The lowest BCUT2D eigenvalue weighted by Crippen LogP contribution is -2.15. The van der Waals surface area contributed by atoms with Gasteiger partial charge in [-0.15, -0.1) is 5.10 Å². The van der Waals surface area contributed by atoms with Crippen molar-refractivity contribution in [2.24, 2.45) is 0 Å². The van der Waals surface area contributed by atoms with Crippen molar-refractivity contribution in [2.75, 3.05) is 6.54 Å². The van der Waals surface area contributed by atoms with E-state index in [-0.39, 0.29) is 0 Å². The van der Waals surface area contributed by atoms with Crippen molar-refractivity contribution in [3.63, 3.8) is 0 Å². The molecular weight excluding hydrogens is 280 g/mol. The zero-order valence-electron chi connectivity index (χ0n) is 9.94. The number of rotatable bonds is 4. The fourth-order valence-electron chi connectivity index (χ4n) is 1.63. The normalized spacial score (nSPS) is 10.8. The first-order valence-electron chi connectivity index (χ1n) is 5.59. The Bertz CT molecular complexity index is 507. The SMILES string of the molecule is CCNCc1cnnn1-c1cccc(C)c1Br. The Morgan fingerprint density at radius 1 is 1.41 bits per heavy atom. The number of nitrogens with zero attached hydrogens (tertiary/aromatic N) is 3. The number of aryl methyl sites for hydroxylation is 1. The van der Waals surface area contributed by atoms with Gasteiger partial charge in [-0.2, -0.15) is 0 Å². The first-order chi connectivity index (χ1) is 8.24. The molecule has 0 fully saturated rings. The van der Waals surface area contributed by atoms with Crippen molar-refractivity contribution in [3.05, 3.63) is 40.1 Å². The zero-order valence-corrected chi connectivity index (χ0v) is 11.5. The highest BCUT2D eigenvalue weighted by Gasteiger charge is 2.09.